The predicted molar refractivity (Wildman–Crippen MR) is 99.4 cm³/mol. The van der Waals surface area contributed by atoms with Crippen LogP contribution in [0.3, 0.4) is 0 Å². The highest BCUT2D eigenvalue weighted by atomic mass is 32.2. The fourth-order valence-electron chi connectivity index (χ4n) is 1.76. The van der Waals surface area contributed by atoms with Gasteiger partial charge in [-0.05, 0) is 0 Å². The van der Waals surface area contributed by atoms with Gasteiger partial charge in [0.15, 0.2) is 10.1 Å². The Morgan fingerprint density at radius 2 is 0.933 bits per heavy atom. The average molecular weight is 474 g/mol. The molecule has 0 fully saturated rings. The molecule has 0 spiro atoms. The molecule has 0 aliphatic rings. The molecule has 30 heavy (non-hydrogen) atoms. The number of halogens is 3. The largest absolute Gasteiger partial charge is 0.741 e. The van der Waals surface area contributed by atoms with Gasteiger partial charge in [0.1, 0.15) is 19.6 Å². The molecule has 0 aromatic rings. The van der Waals surface area contributed by atoms with Crippen LogP contribution in [0.4, 0.5) is 13.2 Å². The molecular formula is C16H34F3NO9S. The van der Waals surface area contributed by atoms with E-state index in [2.05, 4.69) is 0 Å². The lowest BCUT2D eigenvalue weighted by molar-refractivity contribution is -0.901. The van der Waals surface area contributed by atoms with E-state index in [-0.39, 0.29) is 0 Å². The highest BCUT2D eigenvalue weighted by Crippen LogP contribution is 2.20. The zero-order valence-corrected chi connectivity index (χ0v) is 18.5. The molecule has 0 radical (unpaired) electrons. The van der Waals surface area contributed by atoms with Gasteiger partial charge in [-0.1, -0.05) is 0 Å². The van der Waals surface area contributed by atoms with E-state index in [1.54, 1.807) is 21.3 Å². The Hall–Kier alpha value is -0.580. The maximum atomic E-state index is 10.7. The van der Waals surface area contributed by atoms with Gasteiger partial charge in [0.25, 0.3) is 0 Å². The molecule has 0 heterocycles. The first-order valence-corrected chi connectivity index (χ1v) is 10.6. The van der Waals surface area contributed by atoms with Gasteiger partial charge in [-0.15, -0.1) is 0 Å². The van der Waals surface area contributed by atoms with Crippen LogP contribution in [0.25, 0.3) is 0 Å². The second kappa shape index (κ2) is 20.3. The standard InChI is InChI=1S/C15H33NO6.CHF3O3S/c1-17-10-13-20-7-4-16(5-8-21-14-11-18-2)6-9-22-15-12-19-3;2-1(3,4)8(5,6)7/h4-15H2,1-3H3;(H,5,6,7). The summed E-state index contributed by atoms with van der Waals surface area (Å²) in [5, 5.41) is 0. The molecule has 10 nitrogen and oxygen atoms in total. The lowest BCUT2D eigenvalue weighted by Crippen LogP contribution is -3.13. The van der Waals surface area contributed by atoms with E-state index in [9.17, 15) is 13.2 Å². The fraction of sp³-hybridized carbons (Fsp3) is 1.00. The van der Waals surface area contributed by atoms with Crippen LogP contribution in [0.2, 0.25) is 0 Å². The molecule has 1 N–H and O–H groups in total. The third-order valence-corrected chi connectivity index (χ3v) is 3.95. The van der Waals surface area contributed by atoms with Crippen molar-refractivity contribution >= 4 is 10.1 Å². The molecule has 14 heteroatoms. The molecule has 0 aliphatic carbocycles. The zero-order valence-electron chi connectivity index (χ0n) is 17.7. The van der Waals surface area contributed by atoms with E-state index in [1.807, 2.05) is 0 Å². The van der Waals surface area contributed by atoms with Gasteiger partial charge in [0.05, 0.1) is 59.5 Å². The van der Waals surface area contributed by atoms with Gasteiger partial charge in [-0.3, -0.25) is 0 Å². The van der Waals surface area contributed by atoms with E-state index in [1.165, 1.54) is 4.90 Å². The minimum atomic E-state index is -6.09. The molecular weight excluding hydrogens is 439 g/mol. The number of nitrogens with one attached hydrogen (secondary N) is 1. The van der Waals surface area contributed by atoms with E-state index < -0.39 is 15.6 Å². The topological polar surface area (TPSA) is 117 Å². The molecule has 0 saturated carbocycles. The van der Waals surface area contributed by atoms with E-state index >= 15 is 0 Å². The summed E-state index contributed by atoms with van der Waals surface area (Å²) in [5.74, 6) is 0. The van der Waals surface area contributed by atoms with Gasteiger partial charge in [-0.25, -0.2) is 8.42 Å². The van der Waals surface area contributed by atoms with Crippen LogP contribution in [-0.4, -0.2) is 119 Å². The zero-order chi connectivity index (χ0) is 23.3. The second-order valence-corrected chi connectivity index (χ2v) is 7.09. The number of quaternary nitrogens is 1. The number of ether oxygens (including phenoxy) is 6. The summed E-state index contributed by atoms with van der Waals surface area (Å²) in [6.45, 7) is 8.77. The number of alkyl halides is 3. The first-order valence-electron chi connectivity index (χ1n) is 9.15. The van der Waals surface area contributed by atoms with Crippen LogP contribution in [-0.2, 0) is 38.5 Å². The Kier molecular flexibility index (Phi) is 21.4. The maximum absolute atomic E-state index is 10.7. The average Bonchev–Trinajstić information content (AvgIpc) is 2.65. The molecule has 0 rings (SSSR count). The van der Waals surface area contributed by atoms with Crippen molar-refractivity contribution in [1.29, 1.82) is 0 Å². The molecule has 0 saturated heterocycles. The Labute approximate surface area is 176 Å². The monoisotopic (exact) mass is 473 g/mol. The van der Waals surface area contributed by atoms with Crippen molar-refractivity contribution in [2.75, 3.05) is 100 Å². The number of hydrogen-bond acceptors (Lipinski definition) is 9. The Balaban J connectivity index is 0. The van der Waals surface area contributed by atoms with Crippen molar-refractivity contribution in [3.05, 3.63) is 0 Å². The summed E-state index contributed by atoms with van der Waals surface area (Å²) in [6.07, 6.45) is 0. The van der Waals surface area contributed by atoms with Gasteiger partial charge >= 0.3 is 5.51 Å². The van der Waals surface area contributed by atoms with Crippen molar-refractivity contribution in [3.63, 3.8) is 0 Å². The summed E-state index contributed by atoms with van der Waals surface area (Å²) in [5.41, 5.74) is -5.65. The smallest absolute Gasteiger partial charge is 0.485 e. The van der Waals surface area contributed by atoms with E-state index in [0.717, 1.165) is 39.5 Å². The van der Waals surface area contributed by atoms with Crippen LogP contribution < -0.4 is 4.90 Å². The van der Waals surface area contributed by atoms with Crippen molar-refractivity contribution in [1.82, 2.24) is 0 Å². The first kappa shape index (κ1) is 31.6. The maximum Gasteiger partial charge on any atom is 0.485 e. The molecule has 0 atom stereocenters. The summed E-state index contributed by atoms with van der Waals surface area (Å²) in [4.78, 5) is 1.41. The van der Waals surface area contributed by atoms with Crippen molar-refractivity contribution in [2.24, 2.45) is 0 Å². The summed E-state index contributed by atoms with van der Waals surface area (Å²) < 4.78 is 90.4. The van der Waals surface area contributed by atoms with Crippen LogP contribution in [0, 0.1) is 0 Å². The van der Waals surface area contributed by atoms with Crippen molar-refractivity contribution in [2.45, 2.75) is 5.51 Å². The number of methoxy groups -OCH3 is 3. The SMILES string of the molecule is COCCOCC[NH+](CCOCCOC)CCOCCOC.O=S(=O)([O-])C(F)(F)F. The normalized spacial score (nSPS) is 12.1. The van der Waals surface area contributed by atoms with Crippen molar-refractivity contribution in [3.8, 4) is 0 Å². The summed E-state index contributed by atoms with van der Waals surface area (Å²) >= 11 is 0. The number of hydrogen-bond donors (Lipinski definition) is 1. The second-order valence-electron chi connectivity index (χ2n) is 5.72. The van der Waals surface area contributed by atoms with Gasteiger partial charge in [0.2, 0.25) is 0 Å². The third-order valence-electron chi connectivity index (χ3n) is 3.38. The van der Waals surface area contributed by atoms with Crippen molar-refractivity contribution < 1.29 is 59.5 Å². The predicted octanol–water partition coefficient (Wildman–Crippen LogP) is -1.09. The lowest BCUT2D eigenvalue weighted by atomic mass is 10.4. The van der Waals surface area contributed by atoms with Crippen LogP contribution >= 0.6 is 0 Å². The summed E-state index contributed by atoms with van der Waals surface area (Å²) in [7, 11) is -1.06. The highest BCUT2D eigenvalue weighted by molar-refractivity contribution is 7.86. The lowest BCUT2D eigenvalue weighted by Gasteiger charge is -2.19. The molecule has 0 aromatic heterocycles. The van der Waals surface area contributed by atoms with E-state index in [4.69, 9.17) is 41.4 Å². The highest BCUT2D eigenvalue weighted by Gasteiger charge is 2.36. The van der Waals surface area contributed by atoms with E-state index in [0.29, 0.717) is 39.6 Å². The first-order chi connectivity index (χ1) is 14.1. The Bertz CT molecular complexity index is 434. The van der Waals surface area contributed by atoms with Gasteiger partial charge < -0.3 is 37.9 Å². The molecule has 0 unspecified atom stereocenters. The quantitative estimate of drug-likeness (QED) is 0.151. The fourth-order valence-corrected chi connectivity index (χ4v) is 1.76. The Morgan fingerprint density at radius 1 is 0.667 bits per heavy atom. The molecule has 0 aromatic carbocycles. The molecule has 0 amide bonds. The minimum absolute atomic E-state index is 0.635. The van der Waals surface area contributed by atoms with Crippen LogP contribution in [0.1, 0.15) is 0 Å². The van der Waals surface area contributed by atoms with Crippen LogP contribution in [0.15, 0.2) is 0 Å². The third kappa shape index (κ3) is 22.1. The molecule has 0 bridgehead atoms. The molecule has 184 valence electrons. The van der Waals surface area contributed by atoms with Gasteiger partial charge in [-0.2, -0.15) is 13.2 Å². The molecule has 0 aliphatic heterocycles. The number of rotatable bonds is 18. The van der Waals surface area contributed by atoms with Crippen LogP contribution in [0.5, 0.6) is 0 Å². The Morgan fingerprint density at radius 3 is 1.13 bits per heavy atom. The van der Waals surface area contributed by atoms with Gasteiger partial charge in [0, 0.05) is 21.3 Å². The summed E-state index contributed by atoms with van der Waals surface area (Å²) in [6, 6.07) is 0. The minimum Gasteiger partial charge on any atom is -0.741 e.